The van der Waals surface area contributed by atoms with E-state index in [1.807, 2.05) is 0 Å². The molecule has 0 amide bonds. The Labute approximate surface area is 291 Å². The lowest BCUT2D eigenvalue weighted by Crippen LogP contribution is -1.84. The van der Waals surface area contributed by atoms with Gasteiger partial charge in [-0.1, -0.05) is 187 Å². The van der Waals surface area contributed by atoms with Crippen LogP contribution < -0.4 is 0 Å². The fraction of sp³-hybridized carbons (Fsp3) is 0.250. The highest BCUT2D eigenvalue weighted by Gasteiger charge is 2.00. The van der Waals surface area contributed by atoms with Gasteiger partial charge in [-0.25, -0.2) is 0 Å². The van der Waals surface area contributed by atoms with Gasteiger partial charge in [-0.15, -0.1) is 0 Å². The molecule has 0 aliphatic carbocycles. The first-order valence-corrected chi connectivity index (χ1v) is 18.0. The molecule has 0 aliphatic heterocycles. The molecule has 0 unspecified atom stereocenters. The lowest BCUT2D eigenvalue weighted by molar-refractivity contribution is 1.14. The third kappa shape index (κ3) is 10.7. The van der Waals surface area contributed by atoms with E-state index in [1.165, 1.54) is 66.8 Å². The van der Waals surface area contributed by atoms with E-state index in [1.54, 1.807) is 0 Å². The Bertz CT molecular complexity index is 1630. The standard InChI is InChI=1S/3C16H18/c1-3-13-5-9-15(10-6-13)16-11-7-14(4-2)8-12-16;2*1-3-13-8-10-15(11-9-13)16-7-5-6-14(4-2)12-16/h3*5-12H,3-4H2,1-2H3. The van der Waals surface area contributed by atoms with Crippen LogP contribution in [0.5, 0.6) is 0 Å². The summed E-state index contributed by atoms with van der Waals surface area (Å²) in [6.07, 6.45) is 6.62. The summed E-state index contributed by atoms with van der Waals surface area (Å²) >= 11 is 0. The first-order chi connectivity index (χ1) is 23.5. The van der Waals surface area contributed by atoms with Gasteiger partial charge in [0.25, 0.3) is 0 Å². The first-order valence-electron chi connectivity index (χ1n) is 18.0. The van der Waals surface area contributed by atoms with E-state index in [0.29, 0.717) is 0 Å². The SMILES string of the molecule is CCc1ccc(-c2ccc(CC)cc2)cc1.CCc1ccc(-c2cccc(CC)c2)cc1.CCc1ccc(-c2cccc(CC)c2)cc1. The van der Waals surface area contributed by atoms with Gasteiger partial charge in [0, 0.05) is 0 Å². The Balaban J connectivity index is 0.000000163. The van der Waals surface area contributed by atoms with Crippen LogP contribution in [0.4, 0.5) is 0 Å². The van der Waals surface area contributed by atoms with Crippen molar-refractivity contribution in [3.05, 3.63) is 179 Å². The molecule has 246 valence electrons. The molecule has 0 nitrogen and oxygen atoms in total. The third-order valence-corrected chi connectivity index (χ3v) is 9.12. The van der Waals surface area contributed by atoms with Crippen LogP contribution in [0.3, 0.4) is 0 Å². The van der Waals surface area contributed by atoms with Crippen LogP contribution in [0.2, 0.25) is 0 Å². The van der Waals surface area contributed by atoms with Crippen LogP contribution in [-0.4, -0.2) is 0 Å². The van der Waals surface area contributed by atoms with Crippen molar-refractivity contribution in [3.8, 4) is 33.4 Å². The fourth-order valence-corrected chi connectivity index (χ4v) is 5.67. The molecule has 0 saturated carbocycles. The molecule has 6 aromatic rings. The number of hydrogen-bond acceptors (Lipinski definition) is 0. The van der Waals surface area contributed by atoms with Crippen molar-refractivity contribution in [3.63, 3.8) is 0 Å². The van der Waals surface area contributed by atoms with Gasteiger partial charge in [0.05, 0.1) is 0 Å². The molecule has 6 aromatic carbocycles. The second-order valence-corrected chi connectivity index (χ2v) is 12.3. The molecule has 0 aromatic heterocycles. The Morgan fingerprint density at radius 2 is 0.458 bits per heavy atom. The molecule has 0 heterocycles. The molecule has 0 saturated heterocycles. The molecule has 0 spiro atoms. The van der Waals surface area contributed by atoms with Gasteiger partial charge in [0.2, 0.25) is 0 Å². The van der Waals surface area contributed by atoms with Crippen LogP contribution in [-0.2, 0) is 38.5 Å². The molecule has 0 N–H and O–H groups in total. The minimum Gasteiger partial charge on any atom is -0.0614 e. The number of aryl methyl sites for hydroxylation is 6. The quantitative estimate of drug-likeness (QED) is 0.149. The molecule has 48 heavy (non-hydrogen) atoms. The van der Waals surface area contributed by atoms with E-state index in [2.05, 4.69) is 187 Å². The zero-order chi connectivity index (χ0) is 34.1. The van der Waals surface area contributed by atoms with E-state index in [-0.39, 0.29) is 0 Å². The summed E-state index contributed by atoms with van der Waals surface area (Å²) in [6, 6.07) is 53.0. The summed E-state index contributed by atoms with van der Waals surface area (Å²) in [7, 11) is 0. The number of rotatable bonds is 9. The van der Waals surface area contributed by atoms with Gasteiger partial charge < -0.3 is 0 Å². The first kappa shape index (κ1) is 36.2. The topological polar surface area (TPSA) is 0 Å². The third-order valence-electron chi connectivity index (χ3n) is 9.12. The Hall–Kier alpha value is -4.68. The second-order valence-electron chi connectivity index (χ2n) is 12.3. The highest BCUT2D eigenvalue weighted by Crippen LogP contribution is 2.23. The summed E-state index contributed by atoms with van der Waals surface area (Å²) < 4.78 is 0. The zero-order valence-electron chi connectivity index (χ0n) is 30.1. The Kier molecular flexibility index (Phi) is 14.5. The van der Waals surface area contributed by atoms with Crippen molar-refractivity contribution in [2.75, 3.05) is 0 Å². The predicted molar refractivity (Wildman–Crippen MR) is 212 cm³/mol. The highest BCUT2D eigenvalue weighted by molar-refractivity contribution is 5.66. The van der Waals surface area contributed by atoms with Gasteiger partial charge in [0.1, 0.15) is 0 Å². The molecule has 0 heteroatoms. The molecule has 0 radical (unpaired) electrons. The maximum Gasteiger partial charge on any atom is -0.0181 e. The van der Waals surface area contributed by atoms with Gasteiger partial charge in [-0.3, -0.25) is 0 Å². The fourth-order valence-electron chi connectivity index (χ4n) is 5.67. The molecule has 0 fully saturated rings. The number of benzene rings is 6. The summed E-state index contributed by atoms with van der Waals surface area (Å²) in [5.41, 5.74) is 16.3. The van der Waals surface area contributed by atoms with E-state index >= 15 is 0 Å². The predicted octanol–water partition coefficient (Wildman–Crippen LogP) is 13.4. The second kappa shape index (κ2) is 19.2. The van der Waals surface area contributed by atoms with E-state index in [0.717, 1.165) is 38.5 Å². The van der Waals surface area contributed by atoms with Gasteiger partial charge in [-0.2, -0.15) is 0 Å². The molecule has 0 atom stereocenters. The summed E-state index contributed by atoms with van der Waals surface area (Å²) in [5.74, 6) is 0. The van der Waals surface area contributed by atoms with Crippen LogP contribution in [0.1, 0.15) is 74.9 Å². The summed E-state index contributed by atoms with van der Waals surface area (Å²) in [5, 5.41) is 0. The monoisotopic (exact) mass is 630 g/mol. The van der Waals surface area contributed by atoms with Gasteiger partial charge in [0.15, 0.2) is 0 Å². The van der Waals surface area contributed by atoms with Crippen molar-refractivity contribution in [1.82, 2.24) is 0 Å². The lowest BCUT2D eigenvalue weighted by atomic mass is 10.0. The Morgan fingerprint density at radius 3 is 0.688 bits per heavy atom. The van der Waals surface area contributed by atoms with Crippen molar-refractivity contribution in [2.24, 2.45) is 0 Å². The van der Waals surface area contributed by atoms with E-state index in [4.69, 9.17) is 0 Å². The average Bonchev–Trinajstić information content (AvgIpc) is 3.18. The van der Waals surface area contributed by atoms with E-state index in [9.17, 15) is 0 Å². The van der Waals surface area contributed by atoms with Crippen molar-refractivity contribution < 1.29 is 0 Å². The molecule has 6 rings (SSSR count). The maximum atomic E-state index is 2.28. The molecular formula is C48H54. The van der Waals surface area contributed by atoms with Crippen molar-refractivity contribution >= 4 is 0 Å². The van der Waals surface area contributed by atoms with Crippen molar-refractivity contribution in [2.45, 2.75) is 80.1 Å². The Morgan fingerprint density at radius 1 is 0.229 bits per heavy atom. The van der Waals surface area contributed by atoms with Crippen molar-refractivity contribution in [1.29, 1.82) is 0 Å². The van der Waals surface area contributed by atoms with Crippen LogP contribution in [0, 0.1) is 0 Å². The van der Waals surface area contributed by atoms with Gasteiger partial charge in [-0.05, 0) is 105 Å². The minimum atomic E-state index is 1.10. The molecule has 0 bridgehead atoms. The maximum absolute atomic E-state index is 2.28. The van der Waals surface area contributed by atoms with E-state index < -0.39 is 0 Å². The smallest absolute Gasteiger partial charge is 0.0181 e. The average molecular weight is 631 g/mol. The summed E-state index contributed by atoms with van der Waals surface area (Å²) in [6.45, 7) is 13.1. The highest BCUT2D eigenvalue weighted by atomic mass is 14.1. The van der Waals surface area contributed by atoms with Gasteiger partial charge >= 0.3 is 0 Å². The van der Waals surface area contributed by atoms with Crippen LogP contribution in [0.25, 0.3) is 33.4 Å². The normalized spacial score (nSPS) is 10.4. The number of hydrogen-bond donors (Lipinski definition) is 0. The lowest BCUT2D eigenvalue weighted by Gasteiger charge is -2.05. The summed E-state index contributed by atoms with van der Waals surface area (Å²) in [4.78, 5) is 0. The zero-order valence-corrected chi connectivity index (χ0v) is 30.1. The minimum absolute atomic E-state index is 1.10. The largest absolute Gasteiger partial charge is 0.0614 e. The van der Waals surface area contributed by atoms with Crippen LogP contribution in [0.15, 0.2) is 146 Å². The molecular weight excluding hydrogens is 577 g/mol. The van der Waals surface area contributed by atoms with Crippen LogP contribution >= 0.6 is 0 Å². The molecule has 0 aliphatic rings.